The van der Waals surface area contributed by atoms with Gasteiger partial charge in [0.2, 0.25) is 0 Å². The average Bonchev–Trinajstić information content (AvgIpc) is 2.67. The van der Waals surface area contributed by atoms with E-state index in [-0.39, 0.29) is 30.7 Å². The average molecular weight is 473 g/mol. The van der Waals surface area contributed by atoms with Gasteiger partial charge in [-0.2, -0.15) is 0 Å². The Morgan fingerprint density at radius 1 is 1.06 bits per heavy atom. The lowest BCUT2D eigenvalue weighted by Gasteiger charge is -2.48. The fraction of sp³-hybridized carbons (Fsp3) is 0.826. The minimum absolute atomic E-state index is 0.116. The van der Waals surface area contributed by atoms with Crippen LogP contribution in [0.1, 0.15) is 53.4 Å². The predicted octanol–water partition coefficient (Wildman–Crippen LogP) is 5.95. The highest BCUT2D eigenvalue weighted by Crippen LogP contribution is 2.52. The first kappa shape index (κ1) is 26.8. The number of hydrogen-bond donors (Lipinski definition) is 0. The van der Waals surface area contributed by atoms with E-state index in [0.29, 0.717) is 13.2 Å². The van der Waals surface area contributed by atoms with Crippen LogP contribution >= 0.6 is 7.82 Å². The third-order valence-corrected chi connectivity index (χ3v) is 8.18. The van der Waals surface area contributed by atoms with Crippen LogP contribution in [0.25, 0.3) is 0 Å². The summed E-state index contributed by atoms with van der Waals surface area (Å²) in [6.07, 6.45) is 7.29. The highest BCUT2D eigenvalue weighted by Gasteiger charge is 2.45. The van der Waals surface area contributed by atoms with Crippen LogP contribution in [0.4, 0.5) is 0 Å². The molecule has 1 saturated heterocycles. The maximum atomic E-state index is 12.7. The summed E-state index contributed by atoms with van der Waals surface area (Å²) in [5.41, 5.74) is 3.35. The van der Waals surface area contributed by atoms with Crippen molar-refractivity contribution in [1.82, 2.24) is 0 Å². The van der Waals surface area contributed by atoms with Crippen LogP contribution in [0.3, 0.4) is 0 Å². The van der Waals surface area contributed by atoms with Gasteiger partial charge in [0.15, 0.2) is 5.79 Å². The van der Waals surface area contributed by atoms with Crippen molar-refractivity contribution in [2.75, 3.05) is 26.4 Å². The van der Waals surface area contributed by atoms with Crippen LogP contribution in [0, 0.1) is 22.8 Å². The zero-order valence-corrected chi connectivity index (χ0v) is 22.3. The Morgan fingerprint density at radius 2 is 1.68 bits per heavy atom. The third kappa shape index (κ3) is 8.44. The molecule has 31 heavy (non-hydrogen) atoms. The van der Waals surface area contributed by atoms with Crippen LogP contribution in [-0.2, 0) is 27.6 Å². The molecule has 0 bridgehead atoms. The van der Waals surface area contributed by atoms with E-state index in [2.05, 4.69) is 37.2 Å². The molecule has 2 atom stereocenters. The first-order valence-corrected chi connectivity index (χ1v) is 16.4. The number of hydrogen-bond acceptors (Lipinski definition) is 6. The van der Waals surface area contributed by atoms with Crippen LogP contribution in [0.5, 0.6) is 0 Å². The molecule has 0 aromatic rings. The molecule has 1 heterocycles. The van der Waals surface area contributed by atoms with Gasteiger partial charge in [-0.25, -0.2) is 4.57 Å². The van der Waals surface area contributed by atoms with Gasteiger partial charge in [-0.05, 0) is 52.9 Å². The van der Waals surface area contributed by atoms with Gasteiger partial charge in [0.05, 0.1) is 32.5 Å². The fourth-order valence-corrected chi connectivity index (χ4v) is 5.87. The van der Waals surface area contributed by atoms with Crippen molar-refractivity contribution in [2.45, 2.75) is 84.9 Å². The van der Waals surface area contributed by atoms with Gasteiger partial charge < -0.3 is 9.47 Å². The summed E-state index contributed by atoms with van der Waals surface area (Å²) in [5, 5.41) is 0. The van der Waals surface area contributed by atoms with Crippen molar-refractivity contribution >= 4 is 15.9 Å². The maximum Gasteiger partial charge on any atom is 0.475 e. The molecule has 0 saturated carbocycles. The quantitative estimate of drug-likeness (QED) is 0.179. The van der Waals surface area contributed by atoms with Gasteiger partial charge in [0, 0.05) is 11.8 Å². The van der Waals surface area contributed by atoms with E-state index in [4.69, 9.17) is 23.0 Å². The molecule has 0 amide bonds. The molecular weight excluding hydrogens is 431 g/mol. The molecular formula is C23H41O6PSi. The minimum atomic E-state index is -3.53. The van der Waals surface area contributed by atoms with Gasteiger partial charge in [-0.3, -0.25) is 13.6 Å². The summed E-state index contributed by atoms with van der Waals surface area (Å²) in [4.78, 5) is 0. The molecule has 6 nitrogen and oxygen atoms in total. The summed E-state index contributed by atoms with van der Waals surface area (Å²) in [6, 6.07) is 0. The largest absolute Gasteiger partial charge is 0.475 e. The normalized spacial score (nSPS) is 25.6. The van der Waals surface area contributed by atoms with Crippen LogP contribution in [0.2, 0.25) is 19.6 Å². The SMILES string of the molecule is CCOP(=O)(OCC)O[C@@H]1C=C[C@H](C2(CCC#C[Si](C)(C)C)COC(C)(C)OC2)CC1. The van der Waals surface area contributed by atoms with Gasteiger partial charge in [-0.15, -0.1) is 11.5 Å². The number of phosphoric ester groups is 1. The Kier molecular flexibility index (Phi) is 9.61. The van der Waals surface area contributed by atoms with Gasteiger partial charge in [0.1, 0.15) is 8.07 Å². The summed E-state index contributed by atoms with van der Waals surface area (Å²) < 4.78 is 41.2. The highest BCUT2D eigenvalue weighted by atomic mass is 31.2. The van der Waals surface area contributed by atoms with Crippen molar-refractivity contribution in [3.05, 3.63) is 12.2 Å². The van der Waals surface area contributed by atoms with Gasteiger partial charge >= 0.3 is 7.82 Å². The topological polar surface area (TPSA) is 63.2 Å². The Bertz CT molecular complexity index is 698. The first-order chi connectivity index (χ1) is 14.4. The van der Waals surface area contributed by atoms with E-state index < -0.39 is 21.7 Å². The van der Waals surface area contributed by atoms with E-state index in [1.54, 1.807) is 13.8 Å². The van der Waals surface area contributed by atoms with Crippen molar-refractivity contribution in [2.24, 2.45) is 11.3 Å². The molecule has 1 aliphatic carbocycles. The van der Waals surface area contributed by atoms with E-state index in [1.807, 2.05) is 19.9 Å². The minimum Gasteiger partial charge on any atom is -0.350 e. The van der Waals surface area contributed by atoms with E-state index in [0.717, 1.165) is 25.7 Å². The molecule has 0 N–H and O–H groups in total. The molecule has 0 aromatic carbocycles. The third-order valence-electron chi connectivity index (χ3n) is 5.57. The molecule has 1 fully saturated rings. The summed E-state index contributed by atoms with van der Waals surface area (Å²) in [7, 11) is -4.91. The lowest BCUT2D eigenvalue weighted by Crippen LogP contribution is -2.50. The fourth-order valence-electron chi connectivity index (χ4n) is 3.87. The summed E-state index contributed by atoms with van der Waals surface area (Å²) >= 11 is 0. The van der Waals surface area contributed by atoms with E-state index >= 15 is 0 Å². The molecule has 0 spiro atoms. The first-order valence-electron chi connectivity index (χ1n) is 11.5. The monoisotopic (exact) mass is 472 g/mol. The molecule has 1 aliphatic heterocycles. The Balaban J connectivity index is 2.10. The molecule has 2 aliphatic rings. The van der Waals surface area contributed by atoms with Crippen molar-refractivity contribution in [3.8, 4) is 11.5 Å². The number of allylic oxidation sites excluding steroid dienone is 1. The van der Waals surface area contributed by atoms with Crippen LogP contribution in [0.15, 0.2) is 12.2 Å². The number of rotatable bonds is 9. The van der Waals surface area contributed by atoms with E-state index in [1.165, 1.54) is 0 Å². The number of phosphoric acid groups is 1. The Labute approximate surface area is 190 Å². The Morgan fingerprint density at radius 3 is 2.16 bits per heavy atom. The zero-order chi connectivity index (χ0) is 23.2. The number of ether oxygens (including phenoxy) is 2. The molecule has 0 aromatic heterocycles. The van der Waals surface area contributed by atoms with Crippen LogP contribution in [-0.4, -0.2) is 46.4 Å². The summed E-state index contributed by atoms with van der Waals surface area (Å²) in [6.45, 7) is 16.1. The van der Waals surface area contributed by atoms with Crippen LogP contribution < -0.4 is 0 Å². The second kappa shape index (κ2) is 11.1. The molecule has 178 valence electrons. The molecule has 2 rings (SSSR count). The van der Waals surface area contributed by atoms with E-state index in [9.17, 15) is 4.57 Å². The molecule has 0 radical (unpaired) electrons. The highest BCUT2D eigenvalue weighted by molar-refractivity contribution is 7.48. The van der Waals surface area contributed by atoms with Gasteiger partial charge in [-0.1, -0.05) is 31.8 Å². The molecule has 8 heteroatoms. The molecule has 0 unspecified atom stereocenters. The van der Waals surface area contributed by atoms with Crippen molar-refractivity contribution in [3.63, 3.8) is 0 Å². The lowest BCUT2D eigenvalue weighted by atomic mass is 9.69. The summed E-state index contributed by atoms with van der Waals surface area (Å²) in [5.74, 6) is 3.14. The van der Waals surface area contributed by atoms with Crippen molar-refractivity contribution in [1.29, 1.82) is 0 Å². The lowest BCUT2D eigenvalue weighted by molar-refractivity contribution is -0.293. The maximum absolute atomic E-state index is 12.7. The predicted molar refractivity (Wildman–Crippen MR) is 126 cm³/mol. The smallest absolute Gasteiger partial charge is 0.350 e. The second-order valence-corrected chi connectivity index (χ2v) is 16.3. The van der Waals surface area contributed by atoms with Crippen molar-refractivity contribution < 1.29 is 27.6 Å². The van der Waals surface area contributed by atoms with Gasteiger partial charge in [0.25, 0.3) is 0 Å². The zero-order valence-electron chi connectivity index (χ0n) is 20.4. The Hall–Kier alpha value is -0.453. The second-order valence-electron chi connectivity index (χ2n) is 9.89. The standard InChI is InChI=1S/C23H41O6PSi/c1-8-27-30(24,28-9-2)29-21-14-12-20(13-15-21)23(16-10-11-17-31(5,6)7)18-25-22(3,4)26-19-23/h12,14,20-21H,8-10,13,15-16,18-19H2,1-7H3/t20-,21+/m0/s1.